The van der Waals surface area contributed by atoms with Crippen LogP contribution in [0.1, 0.15) is 30.8 Å². The Kier molecular flexibility index (Phi) is 7.35. The van der Waals surface area contributed by atoms with Gasteiger partial charge in [-0.3, -0.25) is 9.48 Å². The van der Waals surface area contributed by atoms with E-state index in [1.807, 2.05) is 18.5 Å². The molecule has 26 heavy (non-hydrogen) atoms. The van der Waals surface area contributed by atoms with Crippen LogP contribution in [0.5, 0.6) is 5.75 Å². The molecule has 0 N–H and O–H groups in total. The minimum atomic E-state index is -0.311. The number of aryl methyl sites for hydroxylation is 1. The quantitative estimate of drug-likeness (QED) is 0.480. The molecule has 0 saturated heterocycles. The summed E-state index contributed by atoms with van der Waals surface area (Å²) in [5, 5.41) is 5.36. The second kappa shape index (κ2) is 9.28. The highest BCUT2D eigenvalue weighted by Crippen LogP contribution is 2.32. The number of rotatable bonds is 8. The lowest BCUT2D eigenvalue weighted by molar-refractivity contribution is -0.143. The van der Waals surface area contributed by atoms with Crippen molar-refractivity contribution in [1.82, 2.24) is 9.78 Å². The topological polar surface area (TPSA) is 53.4 Å². The smallest absolute Gasteiger partial charge is 0.310 e. The minimum Gasteiger partial charge on any atom is -0.487 e. The summed E-state index contributed by atoms with van der Waals surface area (Å²) in [5.41, 5.74) is 2.79. The van der Waals surface area contributed by atoms with Crippen LogP contribution < -0.4 is 4.74 Å². The molecule has 0 atom stereocenters. The molecule has 1 heterocycles. The number of benzene rings is 1. The van der Waals surface area contributed by atoms with Crippen molar-refractivity contribution < 1.29 is 14.3 Å². The number of aromatic nitrogens is 2. The molecule has 7 heteroatoms. The van der Waals surface area contributed by atoms with Crippen LogP contribution in [0.3, 0.4) is 0 Å². The zero-order valence-electron chi connectivity index (χ0n) is 15.5. The maximum absolute atomic E-state index is 12.1. The van der Waals surface area contributed by atoms with Crippen LogP contribution in [-0.4, -0.2) is 29.0 Å². The maximum atomic E-state index is 12.1. The van der Waals surface area contributed by atoms with Crippen molar-refractivity contribution in [3.05, 3.63) is 45.2 Å². The Hall–Kier alpha value is -1.72. The summed E-state index contributed by atoms with van der Waals surface area (Å²) in [6, 6.07) is 5.12. The molecular formula is C19H24Cl2N2O3. The lowest BCUT2D eigenvalue weighted by Crippen LogP contribution is -2.15. The van der Waals surface area contributed by atoms with Crippen LogP contribution in [0, 0.1) is 19.8 Å². The summed E-state index contributed by atoms with van der Waals surface area (Å²) in [6.45, 7) is 9.29. The van der Waals surface area contributed by atoms with Gasteiger partial charge in [-0.2, -0.15) is 5.10 Å². The first kappa shape index (κ1) is 20.6. The van der Waals surface area contributed by atoms with Crippen LogP contribution >= 0.6 is 23.2 Å². The van der Waals surface area contributed by atoms with E-state index in [0.29, 0.717) is 21.7 Å². The Morgan fingerprint density at radius 3 is 2.46 bits per heavy atom. The number of halogens is 2. The van der Waals surface area contributed by atoms with Gasteiger partial charge in [0.05, 0.1) is 22.2 Å². The molecule has 0 unspecified atom stereocenters. The van der Waals surface area contributed by atoms with Gasteiger partial charge in [0.1, 0.15) is 13.2 Å². The number of esters is 1. The van der Waals surface area contributed by atoms with E-state index in [1.54, 1.807) is 18.2 Å². The van der Waals surface area contributed by atoms with Crippen LogP contribution in [0.4, 0.5) is 0 Å². The molecule has 1 aromatic carbocycles. The van der Waals surface area contributed by atoms with Crippen molar-refractivity contribution in [1.29, 1.82) is 0 Å². The van der Waals surface area contributed by atoms with Crippen molar-refractivity contribution in [3.8, 4) is 5.75 Å². The summed E-state index contributed by atoms with van der Waals surface area (Å²) in [4.78, 5) is 12.1. The van der Waals surface area contributed by atoms with E-state index in [9.17, 15) is 4.79 Å². The first-order valence-electron chi connectivity index (χ1n) is 8.55. The average molecular weight is 399 g/mol. The first-order chi connectivity index (χ1) is 12.3. The SMILES string of the molecule is Cc1nn(CC(C)C)c(C)c1CC(=O)OCCOc1c(Cl)cccc1Cl. The molecular weight excluding hydrogens is 375 g/mol. The maximum Gasteiger partial charge on any atom is 0.310 e. The molecule has 0 fully saturated rings. The predicted molar refractivity (Wildman–Crippen MR) is 103 cm³/mol. The van der Waals surface area contributed by atoms with Crippen LogP contribution in [0.15, 0.2) is 18.2 Å². The molecule has 0 aliphatic carbocycles. The Morgan fingerprint density at radius 2 is 1.85 bits per heavy atom. The molecule has 0 radical (unpaired) electrons. The third kappa shape index (κ3) is 5.39. The molecule has 2 rings (SSSR count). The highest BCUT2D eigenvalue weighted by Gasteiger charge is 2.16. The molecule has 0 amide bonds. The fraction of sp³-hybridized carbons (Fsp3) is 0.474. The van der Waals surface area contributed by atoms with Gasteiger partial charge in [0.25, 0.3) is 0 Å². The molecule has 5 nitrogen and oxygen atoms in total. The summed E-state index contributed by atoms with van der Waals surface area (Å²) >= 11 is 12.0. The highest BCUT2D eigenvalue weighted by atomic mass is 35.5. The van der Waals surface area contributed by atoms with E-state index in [4.69, 9.17) is 32.7 Å². The van der Waals surface area contributed by atoms with Gasteiger partial charge in [-0.05, 0) is 31.9 Å². The molecule has 0 saturated carbocycles. The number of carbonyl (C=O) groups is 1. The van der Waals surface area contributed by atoms with Crippen molar-refractivity contribution in [3.63, 3.8) is 0 Å². The van der Waals surface area contributed by atoms with Crippen molar-refractivity contribution in [2.24, 2.45) is 5.92 Å². The zero-order valence-corrected chi connectivity index (χ0v) is 17.0. The van der Waals surface area contributed by atoms with Crippen LogP contribution in [0.2, 0.25) is 10.0 Å². The van der Waals surface area contributed by atoms with Gasteiger partial charge < -0.3 is 9.47 Å². The van der Waals surface area contributed by atoms with E-state index in [2.05, 4.69) is 18.9 Å². The summed E-state index contributed by atoms with van der Waals surface area (Å²) in [5.74, 6) is 0.573. The molecule has 0 aliphatic rings. The van der Waals surface area contributed by atoms with E-state index < -0.39 is 0 Å². The van der Waals surface area contributed by atoms with Gasteiger partial charge in [-0.15, -0.1) is 0 Å². The second-order valence-electron chi connectivity index (χ2n) is 6.52. The Bertz CT molecular complexity index is 752. The first-order valence-corrected chi connectivity index (χ1v) is 9.30. The van der Waals surface area contributed by atoms with Gasteiger partial charge in [-0.25, -0.2) is 0 Å². The number of nitrogens with zero attached hydrogens (tertiary/aromatic N) is 2. The number of para-hydroxylation sites is 1. The lowest BCUT2D eigenvalue weighted by atomic mass is 10.1. The fourth-order valence-corrected chi connectivity index (χ4v) is 3.14. The standard InChI is InChI=1S/C19H24Cl2N2O3/c1-12(2)11-23-14(4)15(13(3)22-23)10-18(24)25-8-9-26-19-16(20)6-5-7-17(19)21/h5-7,12H,8-11H2,1-4H3. The van der Waals surface area contributed by atoms with E-state index in [-0.39, 0.29) is 25.6 Å². The van der Waals surface area contributed by atoms with E-state index >= 15 is 0 Å². The fourth-order valence-electron chi connectivity index (χ4n) is 2.63. The Labute approximate surface area is 164 Å². The molecule has 2 aromatic rings. The monoisotopic (exact) mass is 398 g/mol. The number of ether oxygens (including phenoxy) is 2. The average Bonchev–Trinajstić information content (AvgIpc) is 2.80. The second-order valence-corrected chi connectivity index (χ2v) is 7.34. The van der Waals surface area contributed by atoms with Crippen molar-refractivity contribution >= 4 is 29.2 Å². The lowest BCUT2D eigenvalue weighted by Gasteiger charge is -2.10. The molecule has 0 aliphatic heterocycles. The van der Waals surface area contributed by atoms with Gasteiger partial charge in [0.15, 0.2) is 5.75 Å². The van der Waals surface area contributed by atoms with Crippen molar-refractivity contribution in [2.75, 3.05) is 13.2 Å². The summed E-state index contributed by atoms with van der Waals surface area (Å²) < 4.78 is 12.7. The molecule has 142 valence electrons. The normalized spacial score (nSPS) is 11.0. The van der Waals surface area contributed by atoms with Crippen molar-refractivity contribution in [2.45, 2.75) is 40.7 Å². The third-order valence-corrected chi connectivity index (χ3v) is 4.50. The van der Waals surface area contributed by atoms with Gasteiger partial charge in [0.2, 0.25) is 0 Å². The molecule has 0 spiro atoms. The predicted octanol–water partition coefficient (Wildman–Crippen LogP) is 4.63. The Balaban J connectivity index is 1.85. The van der Waals surface area contributed by atoms with E-state index in [0.717, 1.165) is 23.5 Å². The van der Waals surface area contributed by atoms with Crippen LogP contribution in [-0.2, 0) is 22.5 Å². The Morgan fingerprint density at radius 1 is 1.19 bits per heavy atom. The van der Waals surface area contributed by atoms with Crippen LogP contribution in [0.25, 0.3) is 0 Å². The molecule has 0 bridgehead atoms. The number of hydrogen-bond acceptors (Lipinski definition) is 4. The number of carbonyl (C=O) groups excluding carboxylic acids is 1. The minimum absolute atomic E-state index is 0.124. The summed E-state index contributed by atoms with van der Waals surface area (Å²) in [7, 11) is 0. The van der Waals surface area contributed by atoms with Gasteiger partial charge >= 0.3 is 5.97 Å². The van der Waals surface area contributed by atoms with Gasteiger partial charge in [-0.1, -0.05) is 43.1 Å². The summed E-state index contributed by atoms with van der Waals surface area (Å²) in [6.07, 6.45) is 0.197. The molecule has 1 aromatic heterocycles. The number of hydrogen-bond donors (Lipinski definition) is 0. The zero-order chi connectivity index (χ0) is 19.3. The van der Waals surface area contributed by atoms with E-state index in [1.165, 1.54) is 0 Å². The largest absolute Gasteiger partial charge is 0.487 e. The third-order valence-electron chi connectivity index (χ3n) is 3.90. The highest BCUT2D eigenvalue weighted by molar-refractivity contribution is 6.37. The van der Waals surface area contributed by atoms with Gasteiger partial charge in [0, 0.05) is 17.8 Å².